The summed E-state index contributed by atoms with van der Waals surface area (Å²) in [6, 6.07) is 20.3. The van der Waals surface area contributed by atoms with E-state index in [1.807, 2.05) is 66.0 Å². The summed E-state index contributed by atoms with van der Waals surface area (Å²) in [5, 5.41) is 8.61. The molecule has 0 amide bonds. The van der Waals surface area contributed by atoms with E-state index in [4.69, 9.17) is 0 Å². The molecule has 0 aliphatic rings. The number of para-hydroxylation sites is 2. The number of hydrogen-bond acceptors (Lipinski definition) is 4. The van der Waals surface area contributed by atoms with Crippen LogP contribution in [0.1, 0.15) is 0 Å². The first-order chi connectivity index (χ1) is 8.95. The first-order valence-corrected chi connectivity index (χ1v) is 6.37. The lowest BCUT2D eigenvalue weighted by Gasteiger charge is -2.04. The summed E-state index contributed by atoms with van der Waals surface area (Å²) in [7, 11) is 0. The molecule has 0 bridgehead atoms. The number of hydrogen-bond donors (Lipinski definition) is 1. The molecule has 0 radical (unpaired) electrons. The van der Waals surface area contributed by atoms with Crippen molar-refractivity contribution in [2.45, 2.75) is 0 Å². The van der Waals surface area contributed by atoms with Gasteiger partial charge in [0.15, 0.2) is 0 Å². The highest BCUT2D eigenvalue weighted by Gasteiger charge is 1.89. The van der Waals surface area contributed by atoms with Gasteiger partial charge < -0.3 is 5.32 Å². The maximum absolute atomic E-state index is 3.51. The molecule has 0 saturated heterocycles. The van der Waals surface area contributed by atoms with Gasteiger partial charge in [0.25, 0.3) is 0 Å². The molecule has 0 unspecified atom stereocenters. The van der Waals surface area contributed by atoms with Gasteiger partial charge in [0.2, 0.25) is 0 Å². The van der Waals surface area contributed by atoms with E-state index < -0.39 is 0 Å². The molecule has 1 aromatic heterocycles. The molecule has 3 nitrogen and oxygen atoms in total. The Bertz CT molecular complexity index is 469. The second-order valence-corrected chi connectivity index (χ2v) is 4.09. The fourth-order valence-corrected chi connectivity index (χ4v) is 1.62. The zero-order valence-corrected chi connectivity index (χ0v) is 10.5. The van der Waals surface area contributed by atoms with Gasteiger partial charge in [-0.3, -0.25) is 0 Å². The highest BCUT2D eigenvalue weighted by atomic mass is 32.1. The highest BCUT2D eigenvalue weighted by molar-refractivity contribution is 7.03. The van der Waals surface area contributed by atoms with Crippen molar-refractivity contribution in [2.75, 3.05) is 5.32 Å². The van der Waals surface area contributed by atoms with Crippen LogP contribution in [0.15, 0.2) is 72.2 Å². The molecule has 0 saturated carbocycles. The summed E-state index contributed by atoms with van der Waals surface area (Å²) < 4.78 is 3.51. The minimum atomic E-state index is 1.12. The van der Waals surface area contributed by atoms with Crippen LogP contribution in [-0.4, -0.2) is 9.59 Å². The van der Waals surface area contributed by atoms with Crippen molar-refractivity contribution >= 4 is 22.9 Å². The topological polar surface area (TPSA) is 37.8 Å². The second-order valence-electron chi connectivity index (χ2n) is 3.44. The smallest absolute Gasteiger partial charge is 0.0620 e. The monoisotopic (exact) mass is 255 g/mol. The van der Waals surface area contributed by atoms with E-state index in [0.717, 1.165) is 11.4 Å². The lowest BCUT2D eigenvalue weighted by atomic mass is 10.3. The molecule has 0 aliphatic carbocycles. The Morgan fingerprint density at radius 2 is 1.33 bits per heavy atom. The van der Waals surface area contributed by atoms with E-state index in [2.05, 4.69) is 14.9 Å². The number of benzene rings is 2. The van der Waals surface area contributed by atoms with Gasteiger partial charge in [0.1, 0.15) is 0 Å². The Labute approximate surface area is 110 Å². The number of anilines is 2. The number of rotatable bonds is 2. The number of nitrogens with zero attached hydrogens (tertiary/aromatic N) is 2. The first-order valence-electron chi connectivity index (χ1n) is 5.53. The number of nitrogens with one attached hydrogen (secondary N) is 1. The fourth-order valence-electron chi connectivity index (χ4n) is 1.35. The van der Waals surface area contributed by atoms with Crippen molar-refractivity contribution in [2.24, 2.45) is 0 Å². The maximum atomic E-state index is 3.51. The quantitative estimate of drug-likeness (QED) is 0.753. The third-order valence-electron chi connectivity index (χ3n) is 2.12. The summed E-state index contributed by atoms with van der Waals surface area (Å²) in [5.41, 5.74) is 2.24. The van der Waals surface area contributed by atoms with Crippen molar-refractivity contribution in [1.82, 2.24) is 9.59 Å². The standard InChI is InChI=1S/C12H11N.C2H2N2S/c1-3-7-11(8-4-1)13-12-9-5-2-6-10-12;1-2-5-4-3-1/h1-10,13H;1-2H. The molecular formula is C14H13N3S. The summed E-state index contributed by atoms with van der Waals surface area (Å²) in [4.78, 5) is 0. The molecule has 3 aromatic rings. The second kappa shape index (κ2) is 7.19. The van der Waals surface area contributed by atoms with E-state index >= 15 is 0 Å². The predicted molar refractivity (Wildman–Crippen MR) is 76.1 cm³/mol. The lowest BCUT2D eigenvalue weighted by Crippen LogP contribution is -1.87. The van der Waals surface area contributed by atoms with Gasteiger partial charge in [-0.05, 0) is 35.8 Å². The van der Waals surface area contributed by atoms with Crippen molar-refractivity contribution in [1.29, 1.82) is 0 Å². The van der Waals surface area contributed by atoms with Gasteiger partial charge in [0, 0.05) is 16.8 Å². The molecule has 0 atom stereocenters. The third-order valence-corrected chi connectivity index (χ3v) is 2.55. The molecule has 18 heavy (non-hydrogen) atoms. The van der Waals surface area contributed by atoms with Crippen LogP contribution < -0.4 is 5.32 Å². The van der Waals surface area contributed by atoms with Crippen LogP contribution in [0.3, 0.4) is 0 Å². The predicted octanol–water partition coefficient (Wildman–Crippen LogP) is 3.97. The van der Waals surface area contributed by atoms with E-state index in [0.29, 0.717) is 0 Å². The molecule has 0 spiro atoms. The Morgan fingerprint density at radius 1 is 0.778 bits per heavy atom. The summed E-state index contributed by atoms with van der Waals surface area (Å²) >= 11 is 1.35. The van der Waals surface area contributed by atoms with Gasteiger partial charge in [-0.1, -0.05) is 40.9 Å². The average Bonchev–Trinajstić information content (AvgIpc) is 3.00. The maximum Gasteiger partial charge on any atom is 0.0620 e. The van der Waals surface area contributed by atoms with E-state index in [1.54, 1.807) is 6.20 Å². The van der Waals surface area contributed by atoms with E-state index in [9.17, 15) is 0 Å². The normalized spacial score (nSPS) is 9.11. The molecule has 4 heteroatoms. The van der Waals surface area contributed by atoms with Crippen molar-refractivity contribution in [3.8, 4) is 0 Å². The molecule has 2 aromatic carbocycles. The van der Waals surface area contributed by atoms with Crippen LogP contribution in [-0.2, 0) is 0 Å². The highest BCUT2D eigenvalue weighted by Crippen LogP contribution is 2.14. The van der Waals surface area contributed by atoms with Crippen LogP contribution in [0.5, 0.6) is 0 Å². The third kappa shape index (κ3) is 4.35. The average molecular weight is 255 g/mol. The summed E-state index contributed by atoms with van der Waals surface area (Å²) in [6.45, 7) is 0. The zero-order valence-electron chi connectivity index (χ0n) is 9.73. The molecule has 3 rings (SSSR count). The Balaban J connectivity index is 0.000000202. The van der Waals surface area contributed by atoms with Crippen LogP contribution in [0.25, 0.3) is 0 Å². The van der Waals surface area contributed by atoms with Crippen LogP contribution in [0.2, 0.25) is 0 Å². The van der Waals surface area contributed by atoms with Gasteiger partial charge in [-0.15, -0.1) is 5.10 Å². The van der Waals surface area contributed by atoms with Crippen LogP contribution >= 0.6 is 11.5 Å². The Kier molecular flexibility index (Phi) is 4.90. The molecule has 0 aliphatic heterocycles. The number of aromatic nitrogens is 2. The van der Waals surface area contributed by atoms with Gasteiger partial charge in [-0.25, -0.2) is 0 Å². The SMILES string of the molecule is c1ccc(Nc2ccccc2)cc1.c1csnn1. The molecule has 0 fully saturated rings. The largest absolute Gasteiger partial charge is 0.356 e. The summed E-state index contributed by atoms with van der Waals surface area (Å²) in [5.74, 6) is 0. The van der Waals surface area contributed by atoms with Crippen molar-refractivity contribution in [3.05, 3.63) is 72.2 Å². The van der Waals surface area contributed by atoms with Crippen molar-refractivity contribution in [3.63, 3.8) is 0 Å². The minimum absolute atomic E-state index is 1.12. The fraction of sp³-hybridized carbons (Fsp3) is 0. The summed E-state index contributed by atoms with van der Waals surface area (Å²) in [6.07, 6.45) is 1.66. The van der Waals surface area contributed by atoms with Gasteiger partial charge in [0.05, 0.1) is 6.20 Å². The molecular weight excluding hydrogens is 242 g/mol. The molecule has 90 valence electrons. The van der Waals surface area contributed by atoms with E-state index in [-0.39, 0.29) is 0 Å². The zero-order chi connectivity index (χ0) is 12.5. The Hall–Kier alpha value is -2.20. The minimum Gasteiger partial charge on any atom is -0.356 e. The molecule has 1 N–H and O–H groups in total. The van der Waals surface area contributed by atoms with Crippen LogP contribution in [0, 0.1) is 0 Å². The van der Waals surface area contributed by atoms with Crippen molar-refractivity contribution < 1.29 is 0 Å². The first kappa shape index (κ1) is 12.3. The molecule has 1 heterocycles. The Morgan fingerprint density at radius 3 is 1.67 bits per heavy atom. The van der Waals surface area contributed by atoms with Crippen LogP contribution in [0.4, 0.5) is 11.4 Å². The lowest BCUT2D eigenvalue weighted by molar-refractivity contribution is 1.16. The van der Waals surface area contributed by atoms with E-state index in [1.165, 1.54) is 11.5 Å². The van der Waals surface area contributed by atoms with Gasteiger partial charge >= 0.3 is 0 Å². The van der Waals surface area contributed by atoms with Gasteiger partial charge in [-0.2, -0.15) is 0 Å².